The van der Waals surface area contributed by atoms with Gasteiger partial charge in [-0.25, -0.2) is 0 Å². The number of hydrogen-bond acceptors (Lipinski definition) is 4. The molecule has 0 spiro atoms. The van der Waals surface area contributed by atoms with Gasteiger partial charge in [-0.2, -0.15) is 12.6 Å². The van der Waals surface area contributed by atoms with E-state index in [2.05, 4.69) is 17.9 Å². The fourth-order valence-electron chi connectivity index (χ4n) is 1.46. The van der Waals surface area contributed by atoms with Crippen LogP contribution in [0, 0.1) is 6.92 Å². The predicted molar refractivity (Wildman–Crippen MR) is 65.0 cm³/mol. The molecule has 1 aromatic rings. The number of methoxy groups -OCH3 is 2. The zero-order chi connectivity index (χ0) is 11.3. The van der Waals surface area contributed by atoms with Gasteiger partial charge in [0.25, 0.3) is 0 Å². The quantitative estimate of drug-likeness (QED) is 0.595. The number of hydrogen-bond donors (Lipinski definition) is 2. The highest BCUT2D eigenvalue weighted by atomic mass is 32.1. The third-order valence-electron chi connectivity index (χ3n) is 2.27. The first kappa shape index (κ1) is 12.2. The number of rotatable bonds is 5. The topological polar surface area (TPSA) is 30.5 Å². The predicted octanol–water partition coefficient (Wildman–Crippen LogP) is 1.99. The summed E-state index contributed by atoms with van der Waals surface area (Å²) >= 11 is 4.11. The van der Waals surface area contributed by atoms with Crippen LogP contribution < -0.4 is 14.8 Å². The molecule has 1 N–H and O–H groups in total. The van der Waals surface area contributed by atoms with Gasteiger partial charge >= 0.3 is 0 Å². The molecule has 1 rings (SSSR count). The average Bonchev–Trinajstić information content (AvgIpc) is 2.26. The highest BCUT2D eigenvalue weighted by Crippen LogP contribution is 2.28. The van der Waals surface area contributed by atoms with E-state index in [1.54, 1.807) is 14.2 Å². The fourth-order valence-corrected chi connectivity index (χ4v) is 1.57. The largest absolute Gasteiger partial charge is 0.497 e. The summed E-state index contributed by atoms with van der Waals surface area (Å²) in [5, 5.41) is 3.16. The molecule has 0 saturated carbocycles. The molecule has 1 aromatic carbocycles. The maximum atomic E-state index is 5.32. The maximum absolute atomic E-state index is 5.32. The number of thiol groups is 1. The summed E-state index contributed by atoms with van der Waals surface area (Å²) in [6.45, 7) is 2.79. The molecule has 15 heavy (non-hydrogen) atoms. The first-order valence-corrected chi connectivity index (χ1v) is 5.39. The molecule has 0 radical (unpaired) electrons. The van der Waals surface area contributed by atoms with Gasteiger partial charge in [-0.3, -0.25) is 0 Å². The average molecular weight is 227 g/mol. The van der Waals surface area contributed by atoms with Crippen LogP contribution in [0.25, 0.3) is 0 Å². The van der Waals surface area contributed by atoms with Gasteiger partial charge in [0, 0.05) is 24.1 Å². The lowest BCUT2D eigenvalue weighted by molar-refractivity contribution is 0.389. The van der Waals surface area contributed by atoms with E-state index in [0.717, 1.165) is 29.2 Å². The van der Waals surface area contributed by atoms with Crippen LogP contribution in [0.2, 0.25) is 0 Å². The second-order valence-electron chi connectivity index (χ2n) is 3.21. The van der Waals surface area contributed by atoms with Crippen molar-refractivity contribution in [2.75, 3.05) is 20.1 Å². The Labute approximate surface area is 96.2 Å². The Hall–Kier alpha value is -0.870. The summed E-state index contributed by atoms with van der Waals surface area (Å²) in [5.41, 5.74) is 2.30. The van der Waals surface area contributed by atoms with Crippen molar-refractivity contribution in [3.63, 3.8) is 0 Å². The molecular weight excluding hydrogens is 210 g/mol. The first-order chi connectivity index (χ1) is 7.22. The van der Waals surface area contributed by atoms with Crippen LogP contribution in [0.5, 0.6) is 11.5 Å². The number of aryl methyl sites for hydroxylation is 1. The Balaban J connectivity index is 3.01. The van der Waals surface area contributed by atoms with Crippen LogP contribution in [0.1, 0.15) is 11.1 Å². The van der Waals surface area contributed by atoms with E-state index in [9.17, 15) is 0 Å². The van der Waals surface area contributed by atoms with Crippen LogP contribution in [0.3, 0.4) is 0 Å². The molecule has 0 aliphatic heterocycles. The van der Waals surface area contributed by atoms with Gasteiger partial charge in [0.15, 0.2) is 0 Å². The SMILES string of the molecule is COc1cc(C)c(CNCS)c(OC)c1. The van der Waals surface area contributed by atoms with Gasteiger partial charge in [-0.15, -0.1) is 0 Å². The minimum Gasteiger partial charge on any atom is -0.497 e. The molecule has 0 atom stereocenters. The Morgan fingerprint density at radius 1 is 1.27 bits per heavy atom. The smallest absolute Gasteiger partial charge is 0.127 e. The zero-order valence-corrected chi connectivity index (χ0v) is 10.2. The van der Waals surface area contributed by atoms with Crippen molar-refractivity contribution < 1.29 is 9.47 Å². The molecule has 0 saturated heterocycles. The molecule has 0 fully saturated rings. The van der Waals surface area contributed by atoms with Crippen LogP contribution in [0.15, 0.2) is 12.1 Å². The van der Waals surface area contributed by atoms with Crippen molar-refractivity contribution in [1.82, 2.24) is 5.32 Å². The standard InChI is InChI=1S/C11H17NO2S/c1-8-4-9(13-2)5-11(14-3)10(8)6-12-7-15/h4-5,12,15H,6-7H2,1-3H3. The number of nitrogens with one attached hydrogen (secondary N) is 1. The van der Waals surface area contributed by atoms with Gasteiger partial charge in [0.2, 0.25) is 0 Å². The second-order valence-corrected chi connectivity index (χ2v) is 3.53. The number of ether oxygens (including phenoxy) is 2. The second kappa shape index (κ2) is 5.88. The Kier molecular flexibility index (Phi) is 4.78. The summed E-state index contributed by atoms with van der Waals surface area (Å²) in [6.07, 6.45) is 0. The first-order valence-electron chi connectivity index (χ1n) is 4.76. The van der Waals surface area contributed by atoms with Gasteiger partial charge in [-0.05, 0) is 18.6 Å². The third-order valence-corrected chi connectivity index (χ3v) is 2.50. The van der Waals surface area contributed by atoms with Crippen molar-refractivity contribution in [2.24, 2.45) is 0 Å². The van der Waals surface area contributed by atoms with Crippen LogP contribution >= 0.6 is 12.6 Å². The van der Waals surface area contributed by atoms with E-state index in [4.69, 9.17) is 9.47 Å². The van der Waals surface area contributed by atoms with Crippen LogP contribution in [0.4, 0.5) is 0 Å². The third kappa shape index (κ3) is 3.04. The van der Waals surface area contributed by atoms with Crippen molar-refractivity contribution >= 4 is 12.6 Å². The normalized spacial score (nSPS) is 10.1. The highest BCUT2D eigenvalue weighted by molar-refractivity contribution is 7.80. The lowest BCUT2D eigenvalue weighted by atomic mass is 10.1. The molecule has 0 amide bonds. The van der Waals surface area contributed by atoms with E-state index < -0.39 is 0 Å². The van der Waals surface area contributed by atoms with Crippen molar-refractivity contribution in [3.05, 3.63) is 23.3 Å². The molecule has 0 aromatic heterocycles. The van der Waals surface area contributed by atoms with E-state index in [-0.39, 0.29) is 0 Å². The minimum atomic E-state index is 0.647. The molecule has 84 valence electrons. The lowest BCUT2D eigenvalue weighted by Gasteiger charge is -2.13. The highest BCUT2D eigenvalue weighted by Gasteiger charge is 2.08. The monoisotopic (exact) mass is 227 g/mol. The zero-order valence-electron chi connectivity index (χ0n) is 9.33. The van der Waals surface area contributed by atoms with E-state index >= 15 is 0 Å². The lowest BCUT2D eigenvalue weighted by Crippen LogP contribution is -2.12. The maximum Gasteiger partial charge on any atom is 0.127 e. The molecule has 0 unspecified atom stereocenters. The van der Waals surface area contributed by atoms with Crippen molar-refractivity contribution in [1.29, 1.82) is 0 Å². The fraction of sp³-hybridized carbons (Fsp3) is 0.455. The molecular formula is C11H17NO2S. The minimum absolute atomic E-state index is 0.647. The van der Waals surface area contributed by atoms with Crippen molar-refractivity contribution in [2.45, 2.75) is 13.5 Å². The summed E-state index contributed by atoms with van der Waals surface area (Å²) < 4.78 is 10.5. The molecule has 0 heterocycles. The molecule has 4 heteroatoms. The Morgan fingerprint density at radius 2 is 2.00 bits per heavy atom. The summed E-state index contributed by atoms with van der Waals surface area (Å²) in [4.78, 5) is 0. The van der Waals surface area contributed by atoms with Gasteiger partial charge in [-0.1, -0.05) is 0 Å². The van der Waals surface area contributed by atoms with Gasteiger partial charge < -0.3 is 14.8 Å². The van der Waals surface area contributed by atoms with E-state index in [0.29, 0.717) is 5.88 Å². The summed E-state index contributed by atoms with van der Waals surface area (Å²) in [5.74, 6) is 2.31. The summed E-state index contributed by atoms with van der Waals surface area (Å²) in [7, 11) is 3.32. The molecule has 0 bridgehead atoms. The number of benzene rings is 1. The van der Waals surface area contributed by atoms with Gasteiger partial charge in [0.05, 0.1) is 14.2 Å². The Bertz CT molecular complexity index is 329. The van der Waals surface area contributed by atoms with Crippen LogP contribution in [-0.4, -0.2) is 20.1 Å². The van der Waals surface area contributed by atoms with E-state index in [1.165, 1.54) is 0 Å². The van der Waals surface area contributed by atoms with Gasteiger partial charge in [0.1, 0.15) is 11.5 Å². The molecule has 0 aliphatic carbocycles. The summed E-state index contributed by atoms with van der Waals surface area (Å²) in [6, 6.07) is 3.89. The molecule has 3 nitrogen and oxygen atoms in total. The van der Waals surface area contributed by atoms with Crippen molar-refractivity contribution in [3.8, 4) is 11.5 Å². The molecule has 0 aliphatic rings. The Morgan fingerprint density at radius 3 is 2.53 bits per heavy atom. The van der Waals surface area contributed by atoms with E-state index in [1.807, 2.05) is 19.1 Å². The van der Waals surface area contributed by atoms with Crippen LogP contribution in [-0.2, 0) is 6.54 Å².